The fraction of sp³-hybridized carbons (Fsp3) is 0.211. The summed E-state index contributed by atoms with van der Waals surface area (Å²) in [6.45, 7) is 19.1. The smallest absolute Gasteiger partial charge is 0.251 e. The lowest BCUT2D eigenvalue weighted by Gasteiger charge is -2.53. The van der Waals surface area contributed by atoms with Crippen LogP contribution in [0.1, 0.15) is 97.8 Å². The maximum atomic E-state index is 2.82. The van der Waals surface area contributed by atoms with Crippen molar-refractivity contribution in [1.29, 1.82) is 0 Å². The summed E-state index contributed by atoms with van der Waals surface area (Å²) in [6, 6.07) is 89.9. The monoisotopic (exact) mass is 1060 g/mol. The molecule has 0 saturated heterocycles. The predicted molar refractivity (Wildman–Crippen MR) is 349 cm³/mol. The lowest BCUT2D eigenvalue weighted by molar-refractivity contribution is 0.195. The van der Waals surface area contributed by atoms with E-state index in [9.17, 15) is 0 Å². The van der Waals surface area contributed by atoms with Crippen molar-refractivity contribution in [3.63, 3.8) is 0 Å². The molecule has 0 amide bonds. The maximum Gasteiger partial charge on any atom is 0.251 e. The maximum absolute atomic E-state index is 3.05. The van der Waals surface area contributed by atoms with Crippen LogP contribution in [0.3, 0.4) is 0 Å². The molecule has 2 unspecified atom stereocenters. The summed E-state index contributed by atoms with van der Waals surface area (Å²) >= 11 is 0. The molecule has 3 nitrogen and oxygen atoms in total. The van der Waals surface area contributed by atoms with Crippen LogP contribution >= 0.6 is 0 Å². The first-order valence-corrected chi connectivity index (χ1v) is 31.7. The summed E-state index contributed by atoms with van der Waals surface area (Å²) in [5.74, 6) is 0. The quantitative estimate of drug-likeness (QED) is 0.147. The minimum Gasteiger partial charge on any atom is -0.334 e. The molecule has 1 aliphatic carbocycles. The first-order chi connectivity index (χ1) is 39.2. The lowest BCUT2D eigenvalue weighted by atomic mass is 9.33. The molecule has 0 spiro atoms. The van der Waals surface area contributed by atoms with E-state index in [1.807, 2.05) is 0 Å². The van der Waals surface area contributed by atoms with E-state index in [1.54, 1.807) is 0 Å². The second-order valence-electron chi connectivity index (χ2n) is 26.3. The number of fused-ring (bicyclic) bond motifs is 3. The van der Waals surface area contributed by atoms with Crippen LogP contribution in [-0.4, -0.2) is 20.3 Å². The van der Waals surface area contributed by atoms with Gasteiger partial charge in [-0.3, -0.25) is 0 Å². The minimum atomic E-state index is -3.05. The zero-order valence-electron chi connectivity index (χ0n) is 48.2. The number of para-hydroxylation sites is 1. The van der Waals surface area contributed by atoms with Gasteiger partial charge in [-0.25, -0.2) is 0 Å². The van der Waals surface area contributed by atoms with Crippen molar-refractivity contribution < 1.29 is 0 Å². The molecule has 396 valence electrons. The Morgan fingerprint density at radius 2 is 0.901 bits per heavy atom. The lowest BCUT2D eigenvalue weighted by Crippen LogP contribution is -2.88. The van der Waals surface area contributed by atoms with Crippen molar-refractivity contribution in [2.24, 2.45) is 0 Å². The van der Waals surface area contributed by atoms with Crippen LogP contribution in [0, 0.1) is 0 Å². The number of hydrogen-bond donors (Lipinski definition) is 0. The van der Waals surface area contributed by atoms with E-state index in [0.717, 1.165) is 12.8 Å². The molecule has 15 rings (SSSR count). The van der Waals surface area contributed by atoms with Crippen molar-refractivity contribution in [2.45, 2.75) is 103 Å². The van der Waals surface area contributed by atoms with Gasteiger partial charge >= 0.3 is 0 Å². The van der Waals surface area contributed by atoms with Gasteiger partial charge in [0.2, 0.25) is 0 Å². The van der Waals surface area contributed by atoms with Crippen LogP contribution < -0.4 is 51.8 Å². The molecule has 0 aromatic heterocycles. The highest BCUT2D eigenvalue weighted by molar-refractivity contribution is 7.27. The molecule has 1 saturated carbocycles. The minimum absolute atomic E-state index is 0.000231. The number of rotatable bonds is 7. The molecular formula is C76H70BN3Si. The number of nitrogens with zero attached hydrogens (tertiary/aromatic N) is 3. The van der Waals surface area contributed by atoms with Crippen molar-refractivity contribution in [1.82, 2.24) is 0 Å². The second kappa shape index (κ2) is 17.9. The summed E-state index contributed by atoms with van der Waals surface area (Å²) in [5.41, 5.74) is 23.1. The Labute approximate surface area is 481 Å². The van der Waals surface area contributed by atoms with Crippen LogP contribution in [0.15, 0.2) is 231 Å². The van der Waals surface area contributed by atoms with Crippen molar-refractivity contribution >= 4 is 97.4 Å². The summed E-state index contributed by atoms with van der Waals surface area (Å²) in [4.78, 5) is 8.23. The Bertz CT molecular complexity index is 4080. The van der Waals surface area contributed by atoms with Gasteiger partial charge in [0.1, 0.15) is 0 Å². The van der Waals surface area contributed by atoms with E-state index in [2.05, 4.69) is 301 Å². The molecule has 4 aliphatic heterocycles. The first-order valence-electron chi connectivity index (χ1n) is 29.7. The Kier molecular flexibility index (Phi) is 11.0. The van der Waals surface area contributed by atoms with Gasteiger partial charge in [-0.05, 0) is 156 Å². The van der Waals surface area contributed by atoms with Crippen molar-refractivity contribution in [3.05, 3.63) is 247 Å². The van der Waals surface area contributed by atoms with Crippen molar-refractivity contribution in [2.75, 3.05) is 14.7 Å². The normalized spacial score (nSPS) is 19.0. The van der Waals surface area contributed by atoms with E-state index < -0.39 is 8.07 Å². The van der Waals surface area contributed by atoms with Gasteiger partial charge in [0.15, 0.2) is 8.07 Å². The average molecular weight is 1060 g/mol. The van der Waals surface area contributed by atoms with E-state index >= 15 is 0 Å². The average Bonchev–Trinajstić information content (AvgIpc) is 2.26. The molecule has 0 N–H and O–H groups in total. The van der Waals surface area contributed by atoms with Gasteiger partial charge in [-0.1, -0.05) is 237 Å². The third-order valence-corrected chi connectivity index (χ3v) is 24.9. The fourth-order valence-electron chi connectivity index (χ4n) is 15.8. The van der Waals surface area contributed by atoms with Crippen LogP contribution in [0.2, 0.25) is 0 Å². The molecule has 1 fully saturated rings. The van der Waals surface area contributed by atoms with Crippen LogP contribution in [0.4, 0.5) is 45.5 Å². The molecule has 10 aromatic rings. The third kappa shape index (κ3) is 7.13. The molecule has 81 heavy (non-hydrogen) atoms. The fourth-order valence-corrected chi connectivity index (χ4v) is 21.1. The highest BCUT2D eigenvalue weighted by atomic mass is 28.3. The van der Waals surface area contributed by atoms with E-state index in [-0.39, 0.29) is 28.5 Å². The summed E-state index contributed by atoms with van der Waals surface area (Å²) in [5, 5.41) is 5.76. The van der Waals surface area contributed by atoms with E-state index in [4.69, 9.17) is 0 Å². The van der Waals surface area contributed by atoms with Gasteiger partial charge in [-0.2, -0.15) is 0 Å². The van der Waals surface area contributed by atoms with Gasteiger partial charge in [0.05, 0.1) is 11.2 Å². The molecular weight excluding hydrogens is 994 g/mol. The largest absolute Gasteiger partial charge is 0.334 e. The SMILES string of the molecule is CC(C)(C)c1ccc(-c2ccccc2N2c3cc(N4c5ccc(-c6ccccc6)cc5C5(C)CCCCC45C)cc4c3B3c5c(cccc5[Si](c5ccccc5)(c5ccccc5)c5cccc2c53)N4c2ccc(C(C)(C)C)cc2)cc1. The third-order valence-electron chi connectivity index (χ3n) is 20.0. The number of hydrogen-bond acceptors (Lipinski definition) is 3. The van der Waals surface area contributed by atoms with E-state index in [1.165, 1.54) is 134 Å². The van der Waals surface area contributed by atoms with Gasteiger partial charge in [0, 0.05) is 50.8 Å². The summed E-state index contributed by atoms with van der Waals surface area (Å²) in [6.07, 6.45) is 4.67. The molecule has 0 radical (unpaired) electrons. The molecule has 0 bridgehead atoms. The number of benzene rings is 10. The highest BCUT2D eigenvalue weighted by Gasteiger charge is 2.60. The first kappa shape index (κ1) is 49.9. The van der Waals surface area contributed by atoms with Crippen molar-refractivity contribution in [3.8, 4) is 22.3 Å². The van der Waals surface area contributed by atoms with Crippen LogP contribution in [-0.2, 0) is 16.2 Å². The van der Waals surface area contributed by atoms with Gasteiger partial charge < -0.3 is 14.7 Å². The number of anilines is 8. The second-order valence-corrected chi connectivity index (χ2v) is 30.1. The molecule has 5 aliphatic rings. The van der Waals surface area contributed by atoms with Crippen LogP contribution in [0.25, 0.3) is 22.3 Å². The molecule has 5 heteroatoms. The Balaban J connectivity index is 1.08. The molecule has 2 atom stereocenters. The van der Waals surface area contributed by atoms with E-state index in [0.29, 0.717) is 0 Å². The molecule has 10 aromatic carbocycles. The van der Waals surface area contributed by atoms with Gasteiger partial charge in [0.25, 0.3) is 6.71 Å². The predicted octanol–water partition coefficient (Wildman–Crippen LogP) is 15.1. The Hall–Kier alpha value is -8.12. The van der Waals surface area contributed by atoms with Gasteiger partial charge in [-0.15, -0.1) is 0 Å². The topological polar surface area (TPSA) is 9.72 Å². The molecule has 4 heterocycles. The summed E-state index contributed by atoms with van der Waals surface area (Å²) in [7, 11) is -3.05. The zero-order valence-corrected chi connectivity index (χ0v) is 49.2. The zero-order chi connectivity index (χ0) is 55.2. The van der Waals surface area contributed by atoms with Crippen LogP contribution in [0.5, 0.6) is 0 Å². The Morgan fingerprint density at radius 1 is 0.395 bits per heavy atom. The highest BCUT2D eigenvalue weighted by Crippen LogP contribution is 2.62. The Morgan fingerprint density at radius 3 is 1.51 bits per heavy atom. The summed E-state index contributed by atoms with van der Waals surface area (Å²) < 4.78 is 0. The standard InChI is InChI=1S/C76H70BN3Si/c1-73(2,3)54-39-36-52(37-40-54)60-30-18-19-31-62(60)79-65-33-23-35-69-72(65)77-70-66(49-57(50-67(70)79)80-63-45-38-53(51-24-12-9-13-25-51)48-61(63)75(7)46-20-21-47-76(75,80)8)78(56-43-41-55(42-44-56)74(4,5)6)64-32-22-34-68(71(64)77)81(69,58-26-14-10-15-27-58)59-28-16-11-17-29-59/h9-19,22-45,48-50H,20-21,46-47H2,1-8H3.